The van der Waals surface area contributed by atoms with Gasteiger partial charge in [0.15, 0.2) is 31.5 Å². The van der Waals surface area contributed by atoms with Crippen LogP contribution in [-0.4, -0.2) is 334 Å². The van der Waals surface area contributed by atoms with Crippen molar-refractivity contribution in [1.29, 1.82) is 0 Å². The molecule has 76 heavy (non-hydrogen) atoms. The van der Waals surface area contributed by atoms with E-state index in [4.69, 9.17) is 47.4 Å². The number of aliphatic hydroxyl groups is 18. The van der Waals surface area contributed by atoms with E-state index in [-0.39, 0.29) is 0 Å². The number of ether oxygens (including phenoxy) is 10. The van der Waals surface area contributed by atoms with Crippen LogP contribution in [0, 0.1) is 0 Å². The molecule has 5 rings (SSSR count). The Morgan fingerprint density at radius 1 is 0.447 bits per heavy atom. The van der Waals surface area contributed by atoms with Crippen LogP contribution in [0.25, 0.3) is 0 Å². The molecule has 0 aromatic carbocycles. The van der Waals surface area contributed by atoms with Crippen molar-refractivity contribution in [1.82, 2.24) is 16.0 Å². The summed E-state index contributed by atoms with van der Waals surface area (Å²) in [5.74, 6) is -2.54. The van der Waals surface area contributed by atoms with Crippen LogP contribution in [0.2, 0.25) is 0 Å². The van der Waals surface area contributed by atoms with Crippen molar-refractivity contribution in [2.24, 2.45) is 0 Å². The lowest BCUT2D eigenvalue weighted by Gasteiger charge is -2.50. The quantitative estimate of drug-likeness (QED) is 0.0452. The smallest absolute Gasteiger partial charge is 0.217 e. The van der Waals surface area contributed by atoms with Gasteiger partial charge >= 0.3 is 0 Å². The lowest BCUT2D eigenvalue weighted by atomic mass is 9.94. The van der Waals surface area contributed by atoms with Gasteiger partial charge in [-0.2, -0.15) is 0 Å². The van der Waals surface area contributed by atoms with Crippen LogP contribution in [0.15, 0.2) is 0 Å². The maximum atomic E-state index is 12.8. The van der Waals surface area contributed by atoms with E-state index in [9.17, 15) is 106 Å². The molecule has 0 aliphatic carbocycles. The molecule has 0 aromatic rings. The molecule has 5 aliphatic heterocycles. The van der Waals surface area contributed by atoms with Gasteiger partial charge in [0.25, 0.3) is 0 Å². The van der Waals surface area contributed by atoms with Gasteiger partial charge < -0.3 is 155 Å². The van der Waals surface area contributed by atoms with Gasteiger partial charge in [0.05, 0.1) is 52.3 Å². The zero-order chi connectivity index (χ0) is 56.6. The fraction of sp³-hybridized carbons (Fsp3) is 0.929. The molecule has 442 valence electrons. The van der Waals surface area contributed by atoms with Gasteiger partial charge in [-0.1, -0.05) is 0 Å². The maximum Gasteiger partial charge on any atom is 0.217 e. The van der Waals surface area contributed by atoms with Crippen molar-refractivity contribution in [3.05, 3.63) is 0 Å². The average molecular weight is 1120 g/mol. The standard InChI is InChI=1S/C42H73N3O31/c1-11(52)43-14(4-46)34(23(56)15(55)5-47)73-42-33(66)37(76-39-22(45-13(3)54)36(26(59)18(8-50)68-39)75-41-32(65)30(63)25(58)17(7-49)70-41)27(60)20(72-42)10-67-38-21(44-12(2)53)28(61)35(19(9-51)71-38)74-40-31(64)29(62)24(57)16(6-48)69-40/h14-42,46-51,55-66H,4-10H2,1-3H3,(H,43,52)(H,44,53)(H,45,54)/t14-,15+,16+,17+,18+,19+,20+,21+,22+,23-,24-,25-,26+,27-,28-,29-,30-,31+,32+,33+,34+,35+,36+,37-,38+,39-,40-,41-,42-/m0/s1. The number of nitrogens with one attached hydrogen (secondary N) is 3. The minimum atomic E-state index is -2.35. The van der Waals surface area contributed by atoms with Crippen molar-refractivity contribution in [3.63, 3.8) is 0 Å². The van der Waals surface area contributed by atoms with Crippen molar-refractivity contribution in [2.45, 2.75) is 199 Å². The van der Waals surface area contributed by atoms with E-state index in [1.807, 2.05) is 0 Å². The normalized spacial score (nSPS) is 43.8. The number of aliphatic hydroxyl groups excluding tert-OH is 18. The predicted molar refractivity (Wildman–Crippen MR) is 236 cm³/mol. The van der Waals surface area contributed by atoms with Crippen LogP contribution in [0.5, 0.6) is 0 Å². The maximum absolute atomic E-state index is 12.8. The Hall–Kier alpha value is -2.71. The molecule has 34 nitrogen and oxygen atoms in total. The Morgan fingerprint density at radius 3 is 1.38 bits per heavy atom. The topological polar surface area (TPSA) is 544 Å². The first kappa shape index (κ1) is 64.1. The van der Waals surface area contributed by atoms with Crippen LogP contribution < -0.4 is 16.0 Å². The summed E-state index contributed by atoms with van der Waals surface area (Å²) in [4.78, 5) is 37.5. The highest BCUT2D eigenvalue weighted by Crippen LogP contribution is 2.35. The molecule has 21 N–H and O–H groups in total. The SMILES string of the molecule is CC(=O)N[C@H]1[C@H](OC[C@H]2O[C@@H](O[C@@H]([C@@H](O)[C@H](O)CO)[C@H](CO)NC(C)=O)[C@H](O)[C@@H](O[C@@H]3O[C@H](CO)[C@@H](O)[C@H](O[C@@H]4O[C@H](CO)[C@H](O)[C@H](O)[C@H]4O)[C@H]3NC(C)=O)[C@H]2O)O[C@H](CO)[C@@H](O[C@@H]2O[C@H](CO)[C@H](O)[C@H](O)[C@H]2O)[C@H]1O. The molecule has 34 heteroatoms. The van der Waals surface area contributed by atoms with Crippen molar-refractivity contribution >= 4 is 17.7 Å². The molecule has 5 saturated heterocycles. The molecule has 0 radical (unpaired) electrons. The van der Waals surface area contributed by atoms with E-state index in [0.29, 0.717) is 0 Å². The zero-order valence-electron chi connectivity index (χ0n) is 41.0. The highest BCUT2D eigenvalue weighted by atomic mass is 16.8. The van der Waals surface area contributed by atoms with Crippen LogP contribution in [0.4, 0.5) is 0 Å². The molecular formula is C42H73N3O31. The molecule has 0 unspecified atom stereocenters. The van der Waals surface area contributed by atoms with Crippen LogP contribution in [-0.2, 0) is 61.8 Å². The van der Waals surface area contributed by atoms with Gasteiger partial charge in [0.2, 0.25) is 17.7 Å². The molecule has 3 amide bonds. The van der Waals surface area contributed by atoms with Crippen LogP contribution in [0.1, 0.15) is 20.8 Å². The Kier molecular flexibility index (Phi) is 24.1. The van der Waals surface area contributed by atoms with Gasteiger partial charge in [-0.05, 0) is 0 Å². The van der Waals surface area contributed by atoms with Crippen LogP contribution in [0.3, 0.4) is 0 Å². The molecule has 0 aromatic heterocycles. The predicted octanol–water partition coefficient (Wildman–Crippen LogP) is -14.0. The Morgan fingerprint density at radius 2 is 0.895 bits per heavy atom. The Labute approximate surface area is 431 Å². The number of rotatable bonds is 23. The molecule has 0 spiro atoms. The summed E-state index contributed by atoms with van der Waals surface area (Å²) >= 11 is 0. The third-order valence-corrected chi connectivity index (χ3v) is 13.3. The summed E-state index contributed by atoms with van der Waals surface area (Å²) in [5.41, 5.74) is 0. The van der Waals surface area contributed by atoms with Crippen molar-refractivity contribution < 1.29 is 154 Å². The first-order valence-corrected chi connectivity index (χ1v) is 24.0. The Balaban J connectivity index is 1.51. The minimum Gasteiger partial charge on any atom is -0.394 e. The fourth-order valence-electron chi connectivity index (χ4n) is 9.21. The molecular weight excluding hydrogens is 1040 g/mol. The molecule has 5 heterocycles. The first-order valence-electron chi connectivity index (χ1n) is 24.0. The monoisotopic (exact) mass is 1120 g/mol. The average Bonchev–Trinajstić information content (AvgIpc) is 3.38. The summed E-state index contributed by atoms with van der Waals surface area (Å²) < 4.78 is 57.9. The number of hydrogen-bond donors (Lipinski definition) is 21. The Bertz CT molecular complexity index is 1820. The zero-order valence-corrected chi connectivity index (χ0v) is 41.0. The van der Waals surface area contributed by atoms with E-state index >= 15 is 0 Å². The summed E-state index contributed by atoms with van der Waals surface area (Å²) in [7, 11) is 0. The van der Waals surface area contributed by atoms with Gasteiger partial charge in [0.1, 0.15) is 140 Å². The molecule has 29 atom stereocenters. The molecule has 0 saturated carbocycles. The largest absolute Gasteiger partial charge is 0.394 e. The van der Waals surface area contributed by atoms with E-state index in [0.717, 1.165) is 20.8 Å². The number of hydrogen-bond acceptors (Lipinski definition) is 31. The summed E-state index contributed by atoms with van der Waals surface area (Å²) in [6.07, 6.45) is -50.9. The molecule has 5 aliphatic rings. The third-order valence-electron chi connectivity index (χ3n) is 13.3. The molecule has 0 bridgehead atoms. The lowest BCUT2D eigenvalue weighted by molar-refractivity contribution is -0.375. The summed E-state index contributed by atoms with van der Waals surface area (Å²) in [6, 6.07) is -5.19. The van der Waals surface area contributed by atoms with E-state index in [1.165, 1.54) is 0 Å². The number of amides is 3. The van der Waals surface area contributed by atoms with Gasteiger partial charge in [0, 0.05) is 20.8 Å². The van der Waals surface area contributed by atoms with Crippen LogP contribution >= 0.6 is 0 Å². The summed E-state index contributed by atoms with van der Waals surface area (Å²) in [6.45, 7) is -4.01. The fourth-order valence-corrected chi connectivity index (χ4v) is 9.21. The number of carbonyl (C=O) groups excluding carboxylic acids is 3. The first-order chi connectivity index (χ1) is 35.9. The second kappa shape index (κ2) is 28.6. The van der Waals surface area contributed by atoms with Gasteiger partial charge in [-0.25, -0.2) is 0 Å². The van der Waals surface area contributed by atoms with E-state index < -0.39 is 242 Å². The van der Waals surface area contributed by atoms with E-state index in [2.05, 4.69) is 16.0 Å². The molecule has 5 fully saturated rings. The summed E-state index contributed by atoms with van der Waals surface area (Å²) in [5, 5.41) is 199. The lowest BCUT2D eigenvalue weighted by Crippen LogP contribution is -2.70. The highest BCUT2D eigenvalue weighted by molar-refractivity contribution is 5.74. The van der Waals surface area contributed by atoms with Gasteiger partial charge in [-0.15, -0.1) is 0 Å². The van der Waals surface area contributed by atoms with Gasteiger partial charge in [-0.3, -0.25) is 14.4 Å². The highest BCUT2D eigenvalue weighted by Gasteiger charge is 2.57. The van der Waals surface area contributed by atoms with E-state index in [1.54, 1.807) is 0 Å². The minimum absolute atomic E-state index is 0.823. The van der Waals surface area contributed by atoms with Crippen molar-refractivity contribution in [3.8, 4) is 0 Å². The van der Waals surface area contributed by atoms with Crippen molar-refractivity contribution in [2.75, 3.05) is 46.2 Å². The second-order valence-corrected chi connectivity index (χ2v) is 18.8. The number of carbonyl (C=O) groups is 3. The second-order valence-electron chi connectivity index (χ2n) is 18.8. The third kappa shape index (κ3) is 14.8.